The number of nitrogens with one attached hydrogen (secondary N) is 2. The maximum atomic E-state index is 12.7. The van der Waals surface area contributed by atoms with Gasteiger partial charge in [0, 0.05) is 24.8 Å². The van der Waals surface area contributed by atoms with E-state index in [0.717, 1.165) is 30.9 Å². The fourth-order valence-corrected chi connectivity index (χ4v) is 3.86. The average Bonchev–Trinajstić information content (AvgIpc) is 3.21. The van der Waals surface area contributed by atoms with Gasteiger partial charge >= 0.3 is 0 Å². The molecule has 1 saturated heterocycles. The van der Waals surface area contributed by atoms with E-state index in [-0.39, 0.29) is 17.4 Å². The van der Waals surface area contributed by atoms with Crippen molar-refractivity contribution >= 4 is 17.1 Å². The first kappa shape index (κ1) is 17.7. The fraction of sp³-hybridized carbons (Fsp3) is 0.381. The van der Waals surface area contributed by atoms with Crippen LogP contribution in [0.1, 0.15) is 31.7 Å². The molecular weight excluding hydrogens is 338 g/mol. The van der Waals surface area contributed by atoms with Crippen LogP contribution < -0.4 is 5.32 Å². The predicted octanol–water partition coefficient (Wildman–Crippen LogP) is 2.87. The minimum atomic E-state index is -0.00813. The molecule has 1 atom stereocenters. The summed E-state index contributed by atoms with van der Waals surface area (Å²) in [6.07, 6.45) is 2.57. The number of hydrogen-bond donors (Lipinski definition) is 2. The van der Waals surface area contributed by atoms with E-state index in [0.29, 0.717) is 12.2 Å². The second kappa shape index (κ2) is 7.12. The van der Waals surface area contributed by atoms with Gasteiger partial charge in [0.15, 0.2) is 5.65 Å². The topological polar surface area (TPSA) is 73.9 Å². The number of aromatic nitrogens is 3. The maximum Gasteiger partial charge on any atom is 0.224 e. The summed E-state index contributed by atoms with van der Waals surface area (Å²) in [5.41, 5.74) is 2.85. The lowest BCUT2D eigenvalue weighted by Gasteiger charge is -2.31. The van der Waals surface area contributed by atoms with Crippen LogP contribution in [0.3, 0.4) is 0 Å². The Balaban J connectivity index is 1.37. The molecule has 1 aliphatic heterocycles. The lowest BCUT2D eigenvalue weighted by atomic mass is 9.95. The summed E-state index contributed by atoms with van der Waals surface area (Å²) in [4.78, 5) is 27.0. The summed E-state index contributed by atoms with van der Waals surface area (Å²) in [5.74, 6) is 0.814. The standard InChI is InChI=1S/C21H25N5O/c1-21(2)11-16(14-26(21)13-15-7-4-3-5-8-15)20(27)23-12-18-24-17-9-6-10-22-19(17)25-18/h3-10,16H,11-14H2,1-2H3,(H,23,27)(H,22,24,25). The van der Waals surface area contributed by atoms with Gasteiger partial charge in [-0.05, 0) is 38.0 Å². The van der Waals surface area contributed by atoms with Gasteiger partial charge in [-0.25, -0.2) is 9.97 Å². The van der Waals surface area contributed by atoms with Gasteiger partial charge in [-0.3, -0.25) is 9.69 Å². The molecule has 2 aromatic heterocycles. The van der Waals surface area contributed by atoms with Crippen molar-refractivity contribution in [1.82, 2.24) is 25.2 Å². The van der Waals surface area contributed by atoms with Crippen LogP contribution in [0.5, 0.6) is 0 Å². The predicted molar refractivity (Wildman–Crippen MR) is 105 cm³/mol. The minimum Gasteiger partial charge on any atom is -0.349 e. The van der Waals surface area contributed by atoms with E-state index in [1.54, 1.807) is 6.20 Å². The van der Waals surface area contributed by atoms with E-state index >= 15 is 0 Å². The van der Waals surface area contributed by atoms with Gasteiger partial charge in [-0.2, -0.15) is 0 Å². The average molecular weight is 363 g/mol. The van der Waals surface area contributed by atoms with Crippen LogP contribution in [0.2, 0.25) is 0 Å². The SMILES string of the molecule is CC1(C)CC(C(=O)NCc2nc3ncccc3[nH]2)CN1Cc1ccccc1. The van der Waals surface area contributed by atoms with Gasteiger partial charge in [0.25, 0.3) is 0 Å². The monoisotopic (exact) mass is 363 g/mol. The molecule has 0 bridgehead atoms. The summed E-state index contributed by atoms with van der Waals surface area (Å²) in [7, 11) is 0. The zero-order valence-electron chi connectivity index (χ0n) is 15.8. The van der Waals surface area contributed by atoms with E-state index in [1.165, 1.54) is 5.56 Å². The third-order valence-electron chi connectivity index (χ3n) is 5.37. The van der Waals surface area contributed by atoms with Crippen molar-refractivity contribution in [3.63, 3.8) is 0 Å². The molecule has 0 radical (unpaired) electrons. The Morgan fingerprint density at radius 3 is 2.85 bits per heavy atom. The first-order chi connectivity index (χ1) is 13.0. The molecule has 140 valence electrons. The van der Waals surface area contributed by atoms with Gasteiger partial charge in [0.1, 0.15) is 5.82 Å². The molecule has 6 nitrogen and oxygen atoms in total. The number of carbonyl (C=O) groups excluding carboxylic acids is 1. The molecule has 1 unspecified atom stereocenters. The third-order valence-corrected chi connectivity index (χ3v) is 5.37. The zero-order valence-corrected chi connectivity index (χ0v) is 15.8. The fourth-order valence-electron chi connectivity index (χ4n) is 3.86. The highest BCUT2D eigenvalue weighted by Crippen LogP contribution is 2.34. The molecule has 0 saturated carbocycles. The van der Waals surface area contributed by atoms with Crippen LogP contribution in [-0.4, -0.2) is 37.8 Å². The van der Waals surface area contributed by atoms with Gasteiger partial charge < -0.3 is 10.3 Å². The van der Waals surface area contributed by atoms with E-state index in [2.05, 4.69) is 63.3 Å². The first-order valence-electron chi connectivity index (χ1n) is 9.37. The zero-order chi connectivity index (χ0) is 18.9. The summed E-state index contributed by atoms with van der Waals surface area (Å²) < 4.78 is 0. The Hall–Kier alpha value is -2.73. The Morgan fingerprint density at radius 1 is 1.26 bits per heavy atom. The molecule has 3 aromatic rings. The van der Waals surface area contributed by atoms with Crippen molar-refractivity contribution in [2.75, 3.05) is 6.54 Å². The number of imidazole rings is 1. The molecule has 6 heteroatoms. The number of fused-ring (bicyclic) bond motifs is 1. The van der Waals surface area contributed by atoms with Gasteiger partial charge in [-0.1, -0.05) is 30.3 Å². The van der Waals surface area contributed by atoms with Gasteiger partial charge in [0.2, 0.25) is 5.91 Å². The quantitative estimate of drug-likeness (QED) is 0.731. The minimum absolute atomic E-state index is 0.00112. The maximum absolute atomic E-state index is 12.7. The van der Waals surface area contributed by atoms with Crippen molar-refractivity contribution < 1.29 is 4.79 Å². The second-order valence-corrected chi connectivity index (χ2v) is 7.86. The lowest BCUT2D eigenvalue weighted by molar-refractivity contribution is -0.124. The number of nitrogens with zero attached hydrogens (tertiary/aromatic N) is 3. The summed E-state index contributed by atoms with van der Waals surface area (Å²) >= 11 is 0. The largest absolute Gasteiger partial charge is 0.349 e. The van der Waals surface area contributed by atoms with Crippen LogP contribution in [0, 0.1) is 5.92 Å². The molecule has 1 amide bonds. The van der Waals surface area contributed by atoms with Crippen LogP contribution in [0.4, 0.5) is 0 Å². The molecule has 4 rings (SSSR count). The lowest BCUT2D eigenvalue weighted by Crippen LogP contribution is -2.37. The number of amides is 1. The number of likely N-dealkylation sites (tertiary alicyclic amines) is 1. The van der Waals surface area contributed by atoms with E-state index in [1.807, 2.05) is 18.2 Å². The van der Waals surface area contributed by atoms with Gasteiger partial charge in [-0.15, -0.1) is 0 Å². The Morgan fingerprint density at radius 2 is 2.07 bits per heavy atom. The Labute approximate surface area is 159 Å². The summed E-state index contributed by atoms with van der Waals surface area (Å²) in [6.45, 7) is 6.47. The molecule has 1 fully saturated rings. The normalized spacial score (nSPS) is 19.4. The Kier molecular flexibility index (Phi) is 4.66. The van der Waals surface area contributed by atoms with Crippen molar-refractivity contribution in [1.29, 1.82) is 0 Å². The number of aromatic amines is 1. The number of rotatable bonds is 5. The molecule has 0 aliphatic carbocycles. The van der Waals surface area contributed by atoms with E-state index in [4.69, 9.17) is 0 Å². The molecule has 2 N–H and O–H groups in total. The molecular formula is C21H25N5O. The highest BCUT2D eigenvalue weighted by molar-refractivity contribution is 5.79. The Bertz CT molecular complexity index is 901. The molecule has 3 heterocycles. The second-order valence-electron chi connectivity index (χ2n) is 7.86. The number of pyridine rings is 1. The van der Waals surface area contributed by atoms with E-state index in [9.17, 15) is 4.79 Å². The third kappa shape index (κ3) is 3.85. The smallest absolute Gasteiger partial charge is 0.224 e. The number of benzene rings is 1. The number of carbonyl (C=O) groups is 1. The molecule has 1 aromatic carbocycles. The first-order valence-corrected chi connectivity index (χ1v) is 9.37. The number of hydrogen-bond acceptors (Lipinski definition) is 4. The van der Waals surface area contributed by atoms with Gasteiger partial charge in [0.05, 0.1) is 18.0 Å². The van der Waals surface area contributed by atoms with Crippen LogP contribution in [-0.2, 0) is 17.9 Å². The molecule has 0 spiro atoms. The summed E-state index contributed by atoms with van der Waals surface area (Å²) in [5, 5.41) is 3.04. The highest BCUT2D eigenvalue weighted by Gasteiger charge is 2.41. The van der Waals surface area contributed by atoms with Crippen molar-refractivity contribution in [2.24, 2.45) is 5.92 Å². The van der Waals surface area contributed by atoms with Crippen LogP contribution in [0.25, 0.3) is 11.2 Å². The van der Waals surface area contributed by atoms with Crippen molar-refractivity contribution in [3.05, 3.63) is 60.0 Å². The number of H-pyrrole nitrogens is 1. The molecule has 27 heavy (non-hydrogen) atoms. The molecule has 1 aliphatic rings. The van der Waals surface area contributed by atoms with Crippen LogP contribution >= 0.6 is 0 Å². The highest BCUT2D eigenvalue weighted by atomic mass is 16.1. The van der Waals surface area contributed by atoms with E-state index < -0.39 is 0 Å². The summed E-state index contributed by atoms with van der Waals surface area (Å²) in [6, 6.07) is 14.2. The van der Waals surface area contributed by atoms with Crippen molar-refractivity contribution in [2.45, 2.75) is 38.9 Å². The van der Waals surface area contributed by atoms with Crippen molar-refractivity contribution in [3.8, 4) is 0 Å². The van der Waals surface area contributed by atoms with Crippen LogP contribution in [0.15, 0.2) is 48.7 Å².